The highest BCUT2D eigenvalue weighted by Crippen LogP contribution is 2.54. The molecule has 0 spiro atoms. The smallest absolute Gasteiger partial charge is 0.417 e. The number of benzene rings is 1. The summed E-state index contributed by atoms with van der Waals surface area (Å²) in [6.07, 6.45) is 1.26. The van der Waals surface area contributed by atoms with Gasteiger partial charge in [-0.15, -0.1) is 0 Å². The third-order valence-corrected chi connectivity index (χ3v) is 4.35. The normalized spacial score (nSPS) is 25.1. The standard InChI is InChI=1S/C15H16BNO3/c1-15(7-8-15)12(16)13(18)17-11(9-20-14(17)19)10-5-3-2-4-6-10/h2-6,11-12H,7-9H2,1H3/t11-,12-/m0/s1. The maximum Gasteiger partial charge on any atom is 0.417 e. The number of carbonyl (C=O) groups excluding carboxylic acids is 2. The lowest BCUT2D eigenvalue weighted by Gasteiger charge is -2.26. The van der Waals surface area contributed by atoms with Gasteiger partial charge < -0.3 is 4.74 Å². The fraction of sp³-hybridized carbons (Fsp3) is 0.467. The van der Waals surface area contributed by atoms with Crippen molar-refractivity contribution in [2.75, 3.05) is 6.61 Å². The Balaban J connectivity index is 1.85. The van der Waals surface area contributed by atoms with Crippen LogP contribution in [0.3, 0.4) is 0 Å². The molecule has 2 amide bonds. The van der Waals surface area contributed by atoms with Crippen molar-refractivity contribution < 1.29 is 14.3 Å². The topological polar surface area (TPSA) is 46.6 Å². The van der Waals surface area contributed by atoms with Crippen LogP contribution in [0.2, 0.25) is 5.82 Å². The number of cyclic esters (lactones) is 1. The monoisotopic (exact) mass is 269 g/mol. The van der Waals surface area contributed by atoms with Crippen molar-refractivity contribution in [2.24, 2.45) is 5.41 Å². The van der Waals surface area contributed by atoms with Crippen LogP contribution in [0.4, 0.5) is 4.79 Å². The fourth-order valence-electron chi connectivity index (χ4n) is 2.54. The molecule has 1 aromatic rings. The summed E-state index contributed by atoms with van der Waals surface area (Å²) >= 11 is 0. The van der Waals surface area contributed by atoms with E-state index in [2.05, 4.69) is 0 Å². The Morgan fingerprint density at radius 2 is 2.05 bits per heavy atom. The minimum absolute atomic E-state index is 0.165. The first-order chi connectivity index (χ1) is 9.53. The van der Waals surface area contributed by atoms with Gasteiger partial charge in [0.2, 0.25) is 5.91 Å². The van der Waals surface area contributed by atoms with E-state index in [1.54, 1.807) is 0 Å². The second-order valence-electron chi connectivity index (χ2n) is 5.84. The summed E-state index contributed by atoms with van der Waals surface area (Å²) in [5, 5.41) is 0. The highest BCUT2D eigenvalue weighted by Gasteiger charge is 2.50. The van der Waals surface area contributed by atoms with Gasteiger partial charge >= 0.3 is 6.09 Å². The average Bonchev–Trinajstić information content (AvgIpc) is 3.10. The number of carbonyl (C=O) groups is 2. The molecule has 0 N–H and O–H groups in total. The predicted molar refractivity (Wildman–Crippen MR) is 74.2 cm³/mol. The molecular weight excluding hydrogens is 253 g/mol. The zero-order valence-corrected chi connectivity index (χ0v) is 11.4. The zero-order valence-electron chi connectivity index (χ0n) is 11.4. The highest BCUT2D eigenvalue weighted by atomic mass is 16.6. The van der Waals surface area contributed by atoms with Crippen molar-refractivity contribution in [3.8, 4) is 0 Å². The van der Waals surface area contributed by atoms with Gasteiger partial charge in [-0.3, -0.25) is 4.79 Å². The molecule has 1 aliphatic carbocycles. The first-order valence-electron chi connectivity index (χ1n) is 6.83. The van der Waals surface area contributed by atoms with E-state index < -0.39 is 11.9 Å². The van der Waals surface area contributed by atoms with Gasteiger partial charge in [0, 0.05) is 5.82 Å². The Morgan fingerprint density at radius 3 is 2.65 bits per heavy atom. The third kappa shape index (κ3) is 2.11. The van der Waals surface area contributed by atoms with Crippen molar-refractivity contribution in [2.45, 2.75) is 31.6 Å². The number of hydrogen-bond donors (Lipinski definition) is 0. The van der Waals surface area contributed by atoms with Crippen molar-refractivity contribution in [1.82, 2.24) is 4.90 Å². The van der Waals surface area contributed by atoms with Crippen LogP contribution in [-0.4, -0.2) is 31.4 Å². The van der Waals surface area contributed by atoms with Gasteiger partial charge in [-0.1, -0.05) is 37.3 Å². The van der Waals surface area contributed by atoms with E-state index >= 15 is 0 Å². The summed E-state index contributed by atoms with van der Waals surface area (Å²) in [6.45, 7) is 2.17. The molecule has 20 heavy (non-hydrogen) atoms. The van der Waals surface area contributed by atoms with E-state index in [1.165, 1.54) is 4.90 Å². The van der Waals surface area contributed by atoms with E-state index in [9.17, 15) is 9.59 Å². The largest absolute Gasteiger partial charge is 0.446 e. The van der Waals surface area contributed by atoms with Crippen molar-refractivity contribution in [1.29, 1.82) is 0 Å². The molecule has 0 aromatic heterocycles. The Hall–Kier alpha value is -1.78. The van der Waals surface area contributed by atoms with Gasteiger partial charge in [0.15, 0.2) is 0 Å². The zero-order chi connectivity index (χ0) is 14.3. The maximum absolute atomic E-state index is 12.5. The summed E-state index contributed by atoms with van der Waals surface area (Å²) in [5.41, 5.74) is 0.723. The number of amides is 2. The van der Waals surface area contributed by atoms with E-state index in [1.807, 2.05) is 37.3 Å². The van der Waals surface area contributed by atoms with Gasteiger partial charge in [0.1, 0.15) is 12.6 Å². The molecule has 3 rings (SSSR count). The summed E-state index contributed by atoms with van der Waals surface area (Å²) in [4.78, 5) is 25.6. The molecule has 2 radical (unpaired) electrons. The number of hydrogen-bond acceptors (Lipinski definition) is 3. The Morgan fingerprint density at radius 1 is 1.40 bits per heavy atom. The summed E-state index contributed by atoms with van der Waals surface area (Å²) in [5.74, 6) is -0.972. The van der Waals surface area contributed by atoms with E-state index in [0.717, 1.165) is 18.4 Å². The van der Waals surface area contributed by atoms with E-state index in [4.69, 9.17) is 12.6 Å². The SMILES string of the molecule is [B][C@@H](C(=O)N1C(=O)OC[C@H]1c1ccccc1)C1(C)CC1. The second kappa shape index (κ2) is 4.65. The van der Waals surface area contributed by atoms with Crippen LogP contribution in [-0.2, 0) is 9.53 Å². The molecule has 2 fully saturated rings. The first-order valence-corrected chi connectivity index (χ1v) is 6.83. The van der Waals surface area contributed by atoms with Crippen LogP contribution in [0.15, 0.2) is 30.3 Å². The molecule has 102 valence electrons. The van der Waals surface area contributed by atoms with Crippen molar-refractivity contribution >= 4 is 19.8 Å². The minimum Gasteiger partial charge on any atom is -0.446 e. The van der Waals surface area contributed by atoms with Crippen molar-refractivity contribution in [3.63, 3.8) is 0 Å². The van der Waals surface area contributed by atoms with Gasteiger partial charge in [-0.2, -0.15) is 0 Å². The number of ether oxygens (including phenoxy) is 1. The van der Waals surface area contributed by atoms with E-state index in [0.29, 0.717) is 0 Å². The molecule has 2 atom stereocenters. The molecule has 1 aliphatic heterocycles. The summed E-state index contributed by atoms with van der Waals surface area (Å²) in [6, 6.07) is 9.05. The third-order valence-electron chi connectivity index (χ3n) is 4.35. The van der Waals surface area contributed by atoms with E-state index in [-0.39, 0.29) is 24.0 Å². The van der Waals surface area contributed by atoms with Gasteiger partial charge in [-0.25, -0.2) is 9.69 Å². The molecule has 1 saturated heterocycles. The number of imide groups is 1. The molecule has 1 heterocycles. The molecular formula is C15H16BNO3. The lowest BCUT2D eigenvalue weighted by Crippen LogP contribution is -2.38. The van der Waals surface area contributed by atoms with Crippen LogP contribution in [0, 0.1) is 5.41 Å². The van der Waals surface area contributed by atoms with Crippen LogP contribution >= 0.6 is 0 Å². The lowest BCUT2D eigenvalue weighted by molar-refractivity contribution is -0.130. The highest BCUT2D eigenvalue weighted by molar-refractivity contribution is 6.26. The molecule has 2 aliphatic rings. The van der Waals surface area contributed by atoms with Crippen LogP contribution < -0.4 is 0 Å². The molecule has 0 bridgehead atoms. The fourth-order valence-corrected chi connectivity index (χ4v) is 2.54. The van der Waals surface area contributed by atoms with Crippen LogP contribution in [0.25, 0.3) is 0 Å². The van der Waals surface area contributed by atoms with Crippen molar-refractivity contribution in [3.05, 3.63) is 35.9 Å². The quantitative estimate of drug-likeness (QED) is 0.792. The molecule has 0 unspecified atom stereocenters. The Bertz CT molecular complexity index is 541. The van der Waals surface area contributed by atoms with Gasteiger partial charge in [0.05, 0.1) is 7.85 Å². The maximum atomic E-state index is 12.5. The first kappa shape index (κ1) is 13.2. The summed E-state index contributed by atoms with van der Waals surface area (Å²) < 4.78 is 5.05. The lowest BCUT2D eigenvalue weighted by atomic mass is 9.73. The Kier molecular flexibility index (Phi) is 3.07. The Labute approximate surface area is 119 Å². The minimum atomic E-state index is -0.639. The second-order valence-corrected chi connectivity index (χ2v) is 5.84. The molecule has 1 saturated carbocycles. The molecule has 1 aromatic carbocycles. The van der Waals surface area contributed by atoms with Crippen LogP contribution in [0.1, 0.15) is 31.4 Å². The van der Waals surface area contributed by atoms with Gasteiger partial charge in [0.25, 0.3) is 0 Å². The number of nitrogens with zero attached hydrogens (tertiary/aromatic N) is 1. The average molecular weight is 269 g/mol. The molecule has 5 heteroatoms. The number of rotatable bonds is 3. The van der Waals surface area contributed by atoms with Gasteiger partial charge in [-0.05, 0) is 23.8 Å². The predicted octanol–water partition coefficient (Wildman–Crippen LogP) is 2.46. The summed E-state index contributed by atoms with van der Waals surface area (Å²) in [7, 11) is 6.04. The molecule has 4 nitrogen and oxygen atoms in total. The van der Waals surface area contributed by atoms with Crippen LogP contribution in [0.5, 0.6) is 0 Å².